The van der Waals surface area contributed by atoms with Gasteiger partial charge in [-0.15, -0.1) is 0 Å². The number of alkyl halides is 3. The molecule has 0 atom stereocenters. The highest BCUT2D eigenvalue weighted by molar-refractivity contribution is 7.90. The summed E-state index contributed by atoms with van der Waals surface area (Å²) in [7, 11) is -5.51. The predicted molar refractivity (Wildman–Crippen MR) is 76.5 cm³/mol. The first-order valence-electron chi connectivity index (χ1n) is 7.04. The van der Waals surface area contributed by atoms with Crippen molar-refractivity contribution in [1.29, 1.82) is 0 Å². The third-order valence-electron chi connectivity index (χ3n) is 3.93. The first-order chi connectivity index (χ1) is 9.77. The Kier molecular flexibility index (Phi) is 6.89. The molecule has 0 aliphatic rings. The maximum absolute atomic E-state index is 12.5. The Balaban J connectivity index is 5.19. The molecule has 0 aliphatic heterocycles. The number of esters is 1. The Morgan fingerprint density at radius 2 is 1.50 bits per heavy atom. The minimum absolute atomic E-state index is 0.0542. The number of halogens is 3. The van der Waals surface area contributed by atoms with E-state index in [4.69, 9.17) is 4.74 Å². The smallest absolute Gasteiger partial charge is 0.463 e. The molecule has 22 heavy (non-hydrogen) atoms. The second-order valence-corrected chi connectivity index (χ2v) is 7.53. The quantitative estimate of drug-likeness (QED) is 0.685. The van der Waals surface area contributed by atoms with E-state index in [9.17, 15) is 26.4 Å². The second kappa shape index (κ2) is 7.16. The van der Waals surface area contributed by atoms with E-state index in [2.05, 4.69) is 0 Å². The van der Waals surface area contributed by atoms with Crippen LogP contribution in [0.2, 0.25) is 0 Å². The largest absolute Gasteiger partial charge is 0.511 e. The summed E-state index contributed by atoms with van der Waals surface area (Å²) in [5.74, 6) is -0.576. The summed E-state index contributed by atoms with van der Waals surface area (Å²) < 4.78 is 66.9. The van der Waals surface area contributed by atoms with Crippen molar-refractivity contribution in [3.63, 3.8) is 0 Å². The minimum atomic E-state index is -5.51. The average Bonchev–Trinajstić information content (AvgIpc) is 2.41. The molecular formula is C13H24F3NO4S. The van der Waals surface area contributed by atoms with Gasteiger partial charge in [0.1, 0.15) is 6.61 Å². The van der Waals surface area contributed by atoms with Gasteiger partial charge in [0, 0.05) is 0 Å². The van der Waals surface area contributed by atoms with Crippen LogP contribution in [-0.2, 0) is 19.6 Å². The lowest BCUT2D eigenvalue weighted by Crippen LogP contribution is -2.55. The molecule has 0 spiro atoms. The van der Waals surface area contributed by atoms with Crippen molar-refractivity contribution in [2.45, 2.75) is 64.9 Å². The highest BCUT2D eigenvalue weighted by Crippen LogP contribution is 2.28. The van der Waals surface area contributed by atoms with Gasteiger partial charge in [-0.25, -0.2) is 8.42 Å². The van der Waals surface area contributed by atoms with Crippen LogP contribution in [0.5, 0.6) is 0 Å². The molecule has 0 aliphatic carbocycles. The van der Waals surface area contributed by atoms with Crippen molar-refractivity contribution < 1.29 is 31.1 Å². The lowest BCUT2D eigenvalue weighted by Gasteiger charge is -2.33. The number of ether oxygens (including phenoxy) is 1. The highest BCUT2D eigenvalue weighted by Gasteiger charge is 2.50. The summed E-state index contributed by atoms with van der Waals surface area (Å²) in [6.07, 6.45) is 0.600. The first-order valence-corrected chi connectivity index (χ1v) is 8.52. The maximum Gasteiger partial charge on any atom is 0.511 e. The Bertz CT molecular complexity index is 482. The molecule has 1 N–H and O–H groups in total. The molecule has 5 nitrogen and oxygen atoms in total. The molecule has 0 saturated carbocycles. The standard InChI is InChI=1S/C13H24F3NO4S/c1-6-11(4,5)10(18)21-9-12(7-2,8-3)17-22(19,20)13(14,15)16/h17H,6-9H2,1-5H3. The predicted octanol–water partition coefficient (Wildman–Crippen LogP) is 2.96. The van der Waals surface area contributed by atoms with Crippen LogP contribution in [0.3, 0.4) is 0 Å². The fraction of sp³-hybridized carbons (Fsp3) is 0.923. The van der Waals surface area contributed by atoms with Gasteiger partial charge in [0.25, 0.3) is 0 Å². The van der Waals surface area contributed by atoms with Gasteiger partial charge in [-0.2, -0.15) is 17.9 Å². The van der Waals surface area contributed by atoms with Crippen LogP contribution in [-0.4, -0.2) is 32.0 Å². The Labute approximate surface area is 129 Å². The zero-order valence-corrected chi connectivity index (χ0v) is 14.3. The third-order valence-corrected chi connectivity index (χ3v) is 5.24. The summed E-state index contributed by atoms with van der Waals surface area (Å²) in [5.41, 5.74) is -7.67. The number of sulfonamides is 1. The van der Waals surface area contributed by atoms with Gasteiger partial charge < -0.3 is 4.74 Å². The Morgan fingerprint density at radius 3 is 1.82 bits per heavy atom. The van der Waals surface area contributed by atoms with Crippen molar-refractivity contribution in [1.82, 2.24) is 4.72 Å². The van der Waals surface area contributed by atoms with E-state index in [-0.39, 0.29) is 12.8 Å². The van der Waals surface area contributed by atoms with E-state index in [1.54, 1.807) is 25.5 Å². The van der Waals surface area contributed by atoms with Gasteiger partial charge >= 0.3 is 21.5 Å². The fourth-order valence-electron chi connectivity index (χ4n) is 1.51. The summed E-state index contributed by atoms with van der Waals surface area (Å²) in [6, 6.07) is 0. The normalized spacial score (nSPS) is 14.0. The average molecular weight is 347 g/mol. The zero-order valence-electron chi connectivity index (χ0n) is 13.5. The molecule has 0 aromatic carbocycles. The number of carbonyl (C=O) groups is 1. The van der Waals surface area contributed by atoms with E-state index >= 15 is 0 Å². The molecule has 0 rings (SSSR count). The molecule has 0 saturated heterocycles. The van der Waals surface area contributed by atoms with Crippen molar-refractivity contribution in [2.75, 3.05) is 6.61 Å². The van der Waals surface area contributed by atoms with E-state index < -0.39 is 39.1 Å². The molecule has 0 aromatic rings. The molecule has 132 valence electrons. The van der Waals surface area contributed by atoms with Crippen molar-refractivity contribution >= 4 is 16.0 Å². The molecular weight excluding hydrogens is 323 g/mol. The van der Waals surface area contributed by atoms with Crippen LogP contribution < -0.4 is 4.72 Å². The number of hydrogen-bond donors (Lipinski definition) is 1. The van der Waals surface area contributed by atoms with Gasteiger partial charge in [-0.3, -0.25) is 4.79 Å². The molecule has 0 fully saturated rings. The molecule has 9 heteroatoms. The third kappa shape index (κ3) is 5.12. The zero-order chi connectivity index (χ0) is 17.8. The topological polar surface area (TPSA) is 72.5 Å². The van der Waals surface area contributed by atoms with E-state index in [0.29, 0.717) is 6.42 Å². The Hall–Kier alpha value is -0.830. The van der Waals surface area contributed by atoms with Crippen LogP contribution in [0.25, 0.3) is 0 Å². The lowest BCUT2D eigenvalue weighted by atomic mass is 9.90. The van der Waals surface area contributed by atoms with Gasteiger partial charge in [-0.1, -0.05) is 20.8 Å². The SMILES string of the molecule is CCC(CC)(COC(=O)C(C)(C)CC)NS(=O)(=O)C(F)(F)F. The number of carbonyl (C=O) groups excluding carboxylic acids is 1. The van der Waals surface area contributed by atoms with Gasteiger partial charge in [-0.05, 0) is 33.1 Å². The monoisotopic (exact) mass is 347 g/mol. The van der Waals surface area contributed by atoms with Crippen molar-refractivity contribution in [2.24, 2.45) is 5.41 Å². The molecule has 0 radical (unpaired) electrons. The molecule has 0 unspecified atom stereocenters. The van der Waals surface area contributed by atoms with Crippen LogP contribution in [0.15, 0.2) is 0 Å². The van der Waals surface area contributed by atoms with Gasteiger partial charge in [0.15, 0.2) is 0 Å². The second-order valence-electron chi connectivity index (χ2n) is 5.85. The lowest BCUT2D eigenvalue weighted by molar-refractivity contribution is -0.156. The molecule has 0 amide bonds. The summed E-state index contributed by atoms with van der Waals surface area (Å²) in [4.78, 5) is 11.9. The van der Waals surface area contributed by atoms with E-state index in [0.717, 1.165) is 0 Å². The summed E-state index contributed by atoms with van der Waals surface area (Å²) in [5, 5.41) is 0. The van der Waals surface area contributed by atoms with E-state index in [1.807, 2.05) is 0 Å². The summed E-state index contributed by atoms with van der Waals surface area (Å²) >= 11 is 0. The Morgan fingerprint density at radius 1 is 1.05 bits per heavy atom. The number of rotatable bonds is 8. The van der Waals surface area contributed by atoms with Crippen LogP contribution >= 0.6 is 0 Å². The summed E-state index contributed by atoms with van der Waals surface area (Å²) in [6.45, 7) is 7.68. The first kappa shape index (κ1) is 21.2. The maximum atomic E-state index is 12.5. The van der Waals surface area contributed by atoms with Crippen LogP contribution in [0.1, 0.15) is 53.9 Å². The van der Waals surface area contributed by atoms with Crippen LogP contribution in [0.4, 0.5) is 13.2 Å². The van der Waals surface area contributed by atoms with Crippen LogP contribution in [0, 0.1) is 5.41 Å². The highest BCUT2D eigenvalue weighted by atomic mass is 32.2. The van der Waals surface area contributed by atoms with Gasteiger partial charge in [0.2, 0.25) is 0 Å². The number of hydrogen-bond acceptors (Lipinski definition) is 4. The van der Waals surface area contributed by atoms with Crippen molar-refractivity contribution in [3.8, 4) is 0 Å². The fourth-order valence-corrected chi connectivity index (χ4v) is 2.55. The van der Waals surface area contributed by atoms with Gasteiger partial charge in [0.05, 0.1) is 11.0 Å². The molecule has 0 aromatic heterocycles. The molecule has 0 bridgehead atoms. The van der Waals surface area contributed by atoms with Crippen molar-refractivity contribution in [3.05, 3.63) is 0 Å². The number of nitrogens with one attached hydrogen (secondary N) is 1. The minimum Gasteiger partial charge on any atom is -0.463 e. The van der Waals surface area contributed by atoms with E-state index in [1.165, 1.54) is 13.8 Å². The molecule has 0 heterocycles.